The zero-order valence-electron chi connectivity index (χ0n) is 10.9. The van der Waals surface area contributed by atoms with E-state index < -0.39 is 10.0 Å². The highest BCUT2D eigenvalue weighted by molar-refractivity contribution is 7.89. The second-order valence-corrected chi connectivity index (χ2v) is 6.49. The molecule has 1 heterocycles. The number of halogens is 1. The highest BCUT2D eigenvalue weighted by Crippen LogP contribution is 2.29. The van der Waals surface area contributed by atoms with E-state index in [0.29, 0.717) is 18.0 Å². The lowest BCUT2D eigenvalue weighted by atomic mass is 10.2. The van der Waals surface area contributed by atoms with Crippen molar-refractivity contribution in [3.63, 3.8) is 0 Å². The van der Waals surface area contributed by atoms with E-state index in [1.807, 2.05) is 0 Å². The van der Waals surface area contributed by atoms with Gasteiger partial charge in [-0.15, -0.1) is 0 Å². The number of hydrogen-bond donors (Lipinski definition) is 3. The molecule has 2 aromatic rings. The first-order valence-electron chi connectivity index (χ1n) is 5.81. The van der Waals surface area contributed by atoms with Gasteiger partial charge in [-0.2, -0.15) is 0 Å². The van der Waals surface area contributed by atoms with Crippen molar-refractivity contribution in [2.24, 2.45) is 5.14 Å². The van der Waals surface area contributed by atoms with Crippen LogP contribution in [0, 0.1) is 0 Å². The summed E-state index contributed by atoms with van der Waals surface area (Å²) in [4.78, 5) is 3.68. The number of furan rings is 1. The van der Waals surface area contributed by atoms with Crippen LogP contribution < -0.4 is 10.5 Å². The number of nitrogens with two attached hydrogens (primary N) is 1. The topological polar surface area (TPSA) is 115 Å². The Morgan fingerprint density at radius 1 is 1.50 bits per heavy atom. The summed E-state index contributed by atoms with van der Waals surface area (Å²) in [5, 5.41) is 16.3. The Morgan fingerprint density at radius 3 is 2.77 bits per heavy atom. The van der Waals surface area contributed by atoms with E-state index in [-0.39, 0.29) is 20.5 Å². The van der Waals surface area contributed by atoms with Crippen LogP contribution in [0.1, 0.15) is 11.3 Å². The van der Waals surface area contributed by atoms with Gasteiger partial charge in [-0.05, 0) is 36.5 Å². The summed E-state index contributed by atoms with van der Waals surface area (Å²) in [5.74, 6) is 0.633. The van der Waals surface area contributed by atoms with Crippen LogP contribution in [0.2, 0.25) is 5.02 Å². The monoisotopic (exact) mass is 362 g/mol. The number of rotatable bonds is 5. The fourth-order valence-corrected chi connectivity index (χ4v) is 3.00. The van der Waals surface area contributed by atoms with E-state index in [4.69, 9.17) is 38.6 Å². The number of benzene rings is 1. The number of anilines is 1. The zero-order valence-corrected chi connectivity index (χ0v) is 13.3. The van der Waals surface area contributed by atoms with Crippen molar-refractivity contribution in [1.82, 2.24) is 0 Å². The van der Waals surface area contributed by atoms with E-state index in [9.17, 15) is 8.42 Å². The molecule has 0 aliphatic rings. The summed E-state index contributed by atoms with van der Waals surface area (Å²) in [5.41, 5.74) is 0.477. The van der Waals surface area contributed by atoms with Gasteiger partial charge in [0, 0.05) is 5.69 Å². The van der Waals surface area contributed by atoms with Gasteiger partial charge in [0.2, 0.25) is 15.1 Å². The minimum absolute atomic E-state index is 0.0889. The molecule has 0 radical (unpaired) electrons. The van der Waals surface area contributed by atoms with E-state index in [1.54, 1.807) is 12.1 Å². The molecule has 22 heavy (non-hydrogen) atoms. The molecule has 0 amide bonds. The minimum Gasteiger partial charge on any atom is -0.467 e. The molecule has 7 nitrogen and oxygen atoms in total. The summed E-state index contributed by atoms with van der Waals surface area (Å²) in [6.45, 7) is 0.291. The molecule has 0 spiro atoms. The van der Waals surface area contributed by atoms with Crippen molar-refractivity contribution in [1.29, 1.82) is 0 Å². The maximum atomic E-state index is 11.5. The van der Waals surface area contributed by atoms with E-state index in [0.717, 1.165) is 6.07 Å². The highest BCUT2D eigenvalue weighted by Gasteiger charge is 2.20. The van der Waals surface area contributed by atoms with Gasteiger partial charge in [-0.25, -0.2) is 18.8 Å². The zero-order chi connectivity index (χ0) is 16.3. The number of hydrogen-bond acceptors (Lipinski definition) is 7. The molecule has 1 aromatic carbocycles. The van der Waals surface area contributed by atoms with Crippen molar-refractivity contribution in [2.45, 2.75) is 11.4 Å². The summed E-state index contributed by atoms with van der Waals surface area (Å²) < 4.78 is 28.1. The van der Waals surface area contributed by atoms with Gasteiger partial charge >= 0.3 is 0 Å². The van der Waals surface area contributed by atoms with Crippen molar-refractivity contribution in [3.8, 4) is 0 Å². The van der Waals surface area contributed by atoms with Crippen LogP contribution in [0.15, 0.2) is 39.8 Å². The Hall–Kier alpha value is -1.65. The molecule has 10 heteroatoms. The molecule has 0 fully saturated rings. The molecule has 118 valence electrons. The number of primary sulfonamides is 1. The maximum absolute atomic E-state index is 11.5. The van der Waals surface area contributed by atoms with Crippen LogP contribution in [-0.4, -0.2) is 18.7 Å². The largest absolute Gasteiger partial charge is 0.467 e. The van der Waals surface area contributed by atoms with Crippen molar-refractivity contribution < 1.29 is 23.0 Å². The van der Waals surface area contributed by atoms with Crippen LogP contribution in [0.3, 0.4) is 0 Å². The summed E-state index contributed by atoms with van der Waals surface area (Å²) in [6, 6.07) is 5.91. The molecular weight excluding hydrogens is 352 g/mol. The molecule has 2 rings (SSSR count). The molecule has 0 atom stereocenters. The number of nitrogens with one attached hydrogen (secondary N) is 1. The third kappa shape index (κ3) is 3.76. The Balaban J connectivity index is 2.43. The van der Waals surface area contributed by atoms with E-state index in [1.165, 1.54) is 12.3 Å². The van der Waals surface area contributed by atoms with Gasteiger partial charge in [0.1, 0.15) is 10.7 Å². The first-order valence-corrected chi connectivity index (χ1v) is 8.14. The highest BCUT2D eigenvalue weighted by atomic mass is 35.5. The molecule has 0 aliphatic carbocycles. The van der Waals surface area contributed by atoms with Gasteiger partial charge in [0.25, 0.3) is 0 Å². The van der Waals surface area contributed by atoms with Crippen LogP contribution in [-0.2, 0) is 21.5 Å². The normalized spacial score (nSPS) is 11.2. The lowest BCUT2D eigenvalue weighted by molar-refractivity contribution is -0.150. The van der Waals surface area contributed by atoms with Crippen molar-refractivity contribution >= 4 is 44.6 Å². The first-order chi connectivity index (χ1) is 10.3. The van der Waals surface area contributed by atoms with Gasteiger partial charge < -0.3 is 14.6 Å². The third-order valence-corrected chi connectivity index (χ3v) is 4.38. The molecule has 0 bridgehead atoms. The van der Waals surface area contributed by atoms with E-state index >= 15 is 0 Å². The number of sulfonamides is 1. The maximum Gasteiger partial charge on any atom is 0.239 e. The van der Waals surface area contributed by atoms with E-state index in [2.05, 4.69) is 10.2 Å². The lowest BCUT2D eigenvalue weighted by Crippen LogP contribution is -2.15. The molecular formula is C12H11ClN2O5S2. The Bertz CT molecular complexity index is 790. The molecule has 0 unspecified atom stereocenters. The quantitative estimate of drug-likeness (QED) is 0.425. The summed E-state index contributed by atoms with van der Waals surface area (Å²) >= 11 is 10.8. The molecule has 0 saturated heterocycles. The molecule has 1 aromatic heterocycles. The Kier molecular flexibility index (Phi) is 5.04. The van der Waals surface area contributed by atoms with Gasteiger partial charge in [0.05, 0.1) is 23.4 Å². The van der Waals surface area contributed by atoms with Gasteiger partial charge in [-0.3, -0.25) is 0 Å². The second-order valence-electron chi connectivity index (χ2n) is 4.18. The van der Waals surface area contributed by atoms with Gasteiger partial charge in [-0.1, -0.05) is 11.6 Å². The standard InChI is InChI=1S/C12H11ClN2O5S2/c13-9-5-10(15-6-7-2-1-3-19-7)8(12(21)20-16)4-11(9)22(14,17)18/h1-5,15-16H,6H2,(H2,14,17,18). The van der Waals surface area contributed by atoms with Crippen LogP contribution in [0.5, 0.6) is 0 Å². The summed E-state index contributed by atoms with van der Waals surface area (Å²) in [6.07, 6.45) is 1.51. The van der Waals surface area contributed by atoms with Crippen molar-refractivity contribution in [2.75, 3.05) is 5.32 Å². The van der Waals surface area contributed by atoms with Crippen LogP contribution in [0.25, 0.3) is 0 Å². The van der Waals surface area contributed by atoms with Crippen LogP contribution in [0.4, 0.5) is 5.69 Å². The van der Waals surface area contributed by atoms with Crippen LogP contribution >= 0.6 is 23.8 Å². The predicted molar refractivity (Wildman–Crippen MR) is 84.3 cm³/mol. The number of thiocarbonyl (C=S) groups is 1. The average Bonchev–Trinajstić information content (AvgIpc) is 2.96. The summed E-state index contributed by atoms with van der Waals surface area (Å²) in [7, 11) is -4.05. The third-order valence-electron chi connectivity index (χ3n) is 2.71. The Morgan fingerprint density at radius 2 is 2.23 bits per heavy atom. The molecule has 4 N–H and O–H groups in total. The lowest BCUT2D eigenvalue weighted by Gasteiger charge is -2.13. The fraction of sp³-hybridized carbons (Fsp3) is 0.0833. The average molecular weight is 363 g/mol. The molecule has 0 saturated carbocycles. The Labute approximate surface area is 136 Å². The second kappa shape index (κ2) is 6.63. The van der Waals surface area contributed by atoms with Gasteiger partial charge in [0.15, 0.2) is 0 Å². The smallest absolute Gasteiger partial charge is 0.239 e. The first kappa shape index (κ1) is 16.7. The molecule has 0 aliphatic heterocycles. The van der Waals surface area contributed by atoms with Crippen molar-refractivity contribution in [3.05, 3.63) is 46.9 Å². The fourth-order valence-electron chi connectivity index (χ4n) is 1.73. The SMILES string of the molecule is NS(=O)(=O)c1cc(C(=S)OO)c(NCc2ccco2)cc1Cl. The minimum atomic E-state index is -4.05. The predicted octanol–water partition coefficient (Wildman–Crippen LogP) is 2.36.